The van der Waals surface area contributed by atoms with Crippen molar-refractivity contribution < 1.29 is 0 Å². The van der Waals surface area contributed by atoms with E-state index in [9.17, 15) is 14.4 Å². The van der Waals surface area contributed by atoms with Gasteiger partial charge in [0.25, 0.3) is 0 Å². The Bertz CT molecular complexity index is 703. The number of hydrogen-bond donors (Lipinski definition) is 0. The second kappa shape index (κ2) is 7.53. The van der Waals surface area contributed by atoms with E-state index in [4.69, 9.17) is 0 Å². The van der Waals surface area contributed by atoms with Gasteiger partial charge in [-0.05, 0) is 18.2 Å². The molecule has 6 heteroatoms. The van der Waals surface area contributed by atoms with Crippen LogP contribution in [0.2, 0.25) is 0 Å². The lowest BCUT2D eigenvalue weighted by atomic mass is 10.5. The van der Waals surface area contributed by atoms with E-state index in [1.54, 1.807) is 0 Å². The second-order valence-electron chi connectivity index (χ2n) is 3.90. The maximum absolute atomic E-state index is 12.2. The van der Waals surface area contributed by atoms with Gasteiger partial charge in [0, 0.05) is 0 Å². The van der Waals surface area contributed by atoms with E-state index in [1.165, 1.54) is 18.2 Å². The average molecular weight is 285 g/mol. The van der Waals surface area contributed by atoms with Gasteiger partial charge in [-0.15, -0.1) is 17.2 Å². The molecule has 0 fully saturated rings. The molecule has 0 radical (unpaired) electrons. The maximum Gasteiger partial charge on any atom is 0.336 e. The van der Waals surface area contributed by atoms with Gasteiger partial charge in [-0.1, -0.05) is 19.7 Å². The summed E-state index contributed by atoms with van der Waals surface area (Å²) in [5, 5.41) is 0. The minimum atomic E-state index is -0.707. The van der Waals surface area contributed by atoms with Crippen molar-refractivity contribution >= 4 is 0 Å². The quantitative estimate of drug-likeness (QED) is 0.701. The fourth-order valence-corrected chi connectivity index (χ4v) is 1.62. The molecule has 0 aliphatic heterocycles. The van der Waals surface area contributed by atoms with Gasteiger partial charge in [0.15, 0.2) is 0 Å². The monoisotopic (exact) mass is 285 g/mol. The number of aromatic nitrogens is 3. The van der Waals surface area contributed by atoms with Gasteiger partial charge in [-0.3, -0.25) is 0 Å². The smallest absolute Gasteiger partial charge is 0.247 e. The molecule has 0 unspecified atom stereocenters. The first-order chi connectivity index (χ1) is 10.1. The normalized spacial score (nSPS) is 9.14. The highest BCUT2D eigenvalue weighted by Crippen LogP contribution is 1.80. The van der Waals surface area contributed by atoms with Gasteiger partial charge in [0.05, 0.1) is 19.6 Å². The number of rotatable bonds is 6. The molecule has 0 atom stereocenters. The second-order valence-corrected chi connectivity index (χ2v) is 3.90. The van der Waals surface area contributed by atoms with Crippen LogP contribution in [-0.2, 0) is 19.6 Å². The lowest BCUT2D eigenvalue weighted by Gasteiger charge is -2.10. The molecule has 0 aliphatic rings. The molecule has 1 rings (SSSR count). The van der Waals surface area contributed by atoms with E-state index in [1.807, 2.05) is 0 Å². The van der Waals surface area contributed by atoms with E-state index in [0.29, 0.717) is 0 Å². The summed E-state index contributed by atoms with van der Waals surface area (Å²) in [4.78, 5) is 36.6. The van der Waals surface area contributed by atoms with Crippen LogP contribution >= 0.6 is 0 Å². The van der Waals surface area contributed by atoms with E-state index in [2.05, 4.69) is 36.9 Å². The third-order valence-corrected chi connectivity index (χ3v) is 2.64. The van der Waals surface area contributed by atoms with Gasteiger partial charge in [0.2, 0.25) is 0 Å². The number of hydrogen-bond acceptors (Lipinski definition) is 3. The van der Waals surface area contributed by atoms with Crippen molar-refractivity contribution in [3.05, 3.63) is 86.6 Å². The summed E-state index contributed by atoms with van der Waals surface area (Å²) in [6, 6.07) is 0. The molecule has 0 amide bonds. The molecular formula is C15H15N3O3. The van der Waals surface area contributed by atoms with Crippen molar-refractivity contribution in [1.29, 1.82) is 0 Å². The van der Waals surface area contributed by atoms with Crippen LogP contribution in [0.25, 0.3) is 0 Å². The summed E-state index contributed by atoms with van der Waals surface area (Å²) in [6.07, 6.45) is 4.28. The van der Waals surface area contributed by atoms with Crippen molar-refractivity contribution in [1.82, 2.24) is 13.7 Å². The Morgan fingerprint density at radius 1 is 0.667 bits per heavy atom. The van der Waals surface area contributed by atoms with E-state index in [-0.39, 0.29) is 19.6 Å². The van der Waals surface area contributed by atoms with Crippen LogP contribution in [-0.4, -0.2) is 13.7 Å². The van der Waals surface area contributed by atoms with Crippen molar-refractivity contribution in [3.8, 4) is 0 Å². The highest BCUT2D eigenvalue weighted by atomic mass is 16.2. The van der Waals surface area contributed by atoms with E-state index >= 15 is 0 Å². The molecule has 0 saturated heterocycles. The number of allylic oxidation sites excluding steroid dienone is 3. The Kier molecular flexibility index (Phi) is 5.75. The summed E-state index contributed by atoms with van der Waals surface area (Å²) in [5.41, 5.74) is 5.32. The minimum absolute atomic E-state index is 0.0168. The van der Waals surface area contributed by atoms with Crippen LogP contribution in [0.4, 0.5) is 0 Å². The first-order valence-electron chi connectivity index (χ1n) is 6.05. The molecule has 0 aromatic carbocycles. The van der Waals surface area contributed by atoms with E-state index in [0.717, 1.165) is 13.7 Å². The van der Waals surface area contributed by atoms with Crippen LogP contribution in [0.15, 0.2) is 69.5 Å². The molecule has 21 heavy (non-hydrogen) atoms. The average Bonchev–Trinajstić information content (AvgIpc) is 2.47. The Balaban J connectivity index is 3.72. The molecular weight excluding hydrogens is 270 g/mol. The SMILES string of the molecule is C=C=CCn1c(=O)n(CC=C=C)c(=O)n(CC=C=C)c1=O. The maximum atomic E-state index is 12.2. The summed E-state index contributed by atoms with van der Waals surface area (Å²) in [6.45, 7) is 10.1. The zero-order valence-electron chi connectivity index (χ0n) is 11.5. The van der Waals surface area contributed by atoms with Gasteiger partial charge < -0.3 is 0 Å². The van der Waals surface area contributed by atoms with Crippen LogP contribution < -0.4 is 17.1 Å². The van der Waals surface area contributed by atoms with Crippen molar-refractivity contribution in [2.24, 2.45) is 0 Å². The zero-order valence-corrected chi connectivity index (χ0v) is 11.5. The lowest BCUT2D eigenvalue weighted by Crippen LogP contribution is -2.54. The van der Waals surface area contributed by atoms with E-state index < -0.39 is 17.1 Å². The van der Waals surface area contributed by atoms with Crippen LogP contribution in [0.3, 0.4) is 0 Å². The predicted molar refractivity (Wildman–Crippen MR) is 80.4 cm³/mol. The Morgan fingerprint density at radius 2 is 0.905 bits per heavy atom. The topological polar surface area (TPSA) is 66.0 Å². The first-order valence-corrected chi connectivity index (χ1v) is 6.05. The highest BCUT2D eigenvalue weighted by molar-refractivity contribution is 4.89. The Morgan fingerprint density at radius 3 is 1.10 bits per heavy atom. The first kappa shape index (κ1) is 16.0. The van der Waals surface area contributed by atoms with Gasteiger partial charge in [-0.2, -0.15) is 0 Å². The lowest BCUT2D eigenvalue weighted by molar-refractivity contribution is 0.501. The fraction of sp³-hybridized carbons (Fsp3) is 0.200. The third kappa shape index (κ3) is 3.50. The summed E-state index contributed by atoms with van der Waals surface area (Å²) >= 11 is 0. The fourth-order valence-electron chi connectivity index (χ4n) is 1.62. The van der Waals surface area contributed by atoms with Crippen molar-refractivity contribution in [3.63, 3.8) is 0 Å². The van der Waals surface area contributed by atoms with Gasteiger partial charge in [0.1, 0.15) is 0 Å². The summed E-state index contributed by atoms with van der Waals surface area (Å²) in [5.74, 6) is 0. The molecule has 108 valence electrons. The van der Waals surface area contributed by atoms with Crippen molar-refractivity contribution in [2.45, 2.75) is 19.6 Å². The molecule has 0 spiro atoms. The van der Waals surface area contributed by atoms with Crippen LogP contribution in [0.5, 0.6) is 0 Å². The summed E-state index contributed by atoms with van der Waals surface area (Å²) < 4.78 is 2.77. The predicted octanol–water partition coefficient (Wildman–Crippen LogP) is 0.195. The molecule has 6 nitrogen and oxygen atoms in total. The summed E-state index contributed by atoms with van der Waals surface area (Å²) in [7, 11) is 0. The van der Waals surface area contributed by atoms with Crippen LogP contribution in [0, 0.1) is 0 Å². The molecule has 1 heterocycles. The third-order valence-electron chi connectivity index (χ3n) is 2.64. The molecule has 0 bridgehead atoms. The molecule has 0 saturated carbocycles. The van der Waals surface area contributed by atoms with Gasteiger partial charge >= 0.3 is 17.1 Å². The standard InChI is InChI=1S/C15H15N3O3/c1-4-7-10-16-13(19)17(11-8-5-2)15(21)18(14(16)20)12-9-6-3/h7-9H,1-3,10-12H2. The van der Waals surface area contributed by atoms with Crippen LogP contribution in [0.1, 0.15) is 0 Å². The Labute approximate surface area is 120 Å². The largest absolute Gasteiger partial charge is 0.336 e. The molecule has 1 aromatic heterocycles. The molecule has 0 aliphatic carbocycles. The highest BCUT2D eigenvalue weighted by Gasteiger charge is 2.13. The van der Waals surface area contributed by atoms with Crippen molar-refractivity contribution in [2.75, 3.05) is 0 Å². The molecule has 0 N–H and O–H groups in total. The zero-order chi connectivity index (χ0) is 15.8. The minimum Gasteiger partial charge on any atom is -0.247 e. The van der Waals surface area contributed by atoms with Gasteiger partial charge in [-0.25, -0.2) is 28.1 Å². The number of nitrogens with zero attached hydrogens (tertiary/aromatic N) is 3. The Hall–Kier alpha value is -3.03. The molecule has 1 aromatic rings.